The second-order valence-electron chi connectivity index (χ2n) is 4.60. The van der Waals surface area contributed by atoms with Gasteiger partial charge in [-0.3, -0.25) is 10.1 Å². The second-order valence-corrected chi connectivity index (χ2v) is 4.60. The van der Waals surface area contributed by atoms with Crippen LogP contribution in [0.15, 0.2) is 36.4 Å². The Morgan fingerprint density at radius 1 is 1.15 bits per heavy atom. The number of nitro groups is 1. The lowest BCUT2D eigenvalue weighted by Crippen LogP contribution is -1.96. The fourth-order valence-corrected chi connectivity index (χ4v) is 2.05. The van der Waals surface area contributed by atoms with E-state index in [0.29, 0.717) is 5.69 Å². The van der Waals surface area contributed by atoms with Crippen LogP contribution in [0.2, 0.25) is 0 Å². The van der Waals surface area contributed by atoms with E-state index in [1.54, 1.807) is 6.07 Å². The molecule has 20 heavy (non-hydrogen) atoms. The van der Waals surface area contributed by atoms with Crippen LogP contribution in [0.5, 0.6) is 0 Å². The van der Waals surface area contributed by atoms with E-state index in [1.165, 1.54) is 12.1 Å². The number of rotatable bonds is 3. The first kappa shape index (κ1) is 13.6. The fraction of sp³-hybridized carbons (Fsp3) is 0.133. The Labute approximate surface area is 116 Å². The topological polar surface area (TPSA) is 79.0 Å². The van der Waals surface area contributed by atoms with Gasteiger partial charge in [-0.1, -0.05) is 6.07 Å². The van der Waals surface area contributed by atoms with Crippen LogP contribution in [0.3, 0.4) is 0 Å². The van der Waals surface area contributed by atoms with E-state index in [0.717, 1.165) is 16.8 Å². The molecule has 100 valence electrons. The number of hydrogen-bond donors (Lipinski definition) is 1. The predicted molar refractivity (Wildman–Crippen MR) is 77.0 cm³/mol. The van der Waals surface area contributed by atoms with E-state index in [1.807, 2.05) is 38.1 Å². The minimum absolute atomic E-state index is 0.0903. The first-order valence-electron chi connectivity index (χ1n) is 6.03. The van der Waals surface area contributed by atoms with E-state index in [9.17, 15) is 10.1 Å². The summed E-state index contributed by atoms with van der Waals surface area (Å²) < 4.78 is 0. The van der Waals surface area contributed by atoms with Crippen LogP contribution in [0.25, 0.3) is 0 Å². The number of aryl methyl sites for hydroxylation is 2. The fourth-order valence-electron chi connectivity index (χ4n) is 2.05. The molecule has 2 rings (SSSR count). The Bertz CT molecular complexity index is 697. The van der Waals surface area contributed by atoms with Crippen molar-refractivity contribution in [3.8, 4) is 6.07 Å². The molecular weight excluding hydrogens is 254 g/mol. The zero-order valence-electron chi connectivity index (χ0n) is 11.2. The van der Waals surface area contributed by atoms with Gasteiger partial charge < -0.3 is 5.32 Å². The molecule has 0 aromatic heterocycles. The van der Waals surface area contributed by atoms with E-state index in [-0.39, 0.29) is 11.3 Å². The van der Waals surface area contributed by atoms with Gasteiger partial charge in [-0.15, -0.1) is 0 Å². The lowest BCUT2D eigenvalue weighted by atomic mass is 10.1. The number of benzene rings is 2. The third-order valence-corrected chi connectivity index (χ3v) is 2.84. The van der Waals surface area contributed by atoms with Crippen molar-refractivity contribution in [2.24, 2.45) is 0 Å². The molecule has 0 unspecified atom stereocenters. The van der Waals surface area contributed by atoms with E-state index >= 15 is 0 Å². The summed E-state index contributed by atoms with van der Waals surface area (Å²) in [4.78, 5) is 10.2. The summed E-state index contributed by atoms with van der Waals surface area (Å²) in [7, 11) is 0. The molecule has 0 atom stereocenters. The Morgan fingerprint density at radius 3 is 2.35 bits per heavy atom. The van der Waals surface area contributed by atoms with E-state index in [2.05, 4.69) is 5.32 Å². The van der Waals surface area contributed by atoms with Crippen LogP contribution >= 0.6 is 0 Å². The summed E-state index contributed by atoms with van der Waals surface area (Å²) in [6, 6.07) is 12.1. The smallest absolute Gasteiger partial charge is 0.270 e. The lowest BCUT2D eigenvalue weighted by Gasteiger charge is -2.10. The van der Waals surface area contributed by atoms with E-state index in [4.69, 9.17) is 5.26 Å². The van der Waals surface area contributed by atoms with Gasteiger partial charge in [0.25, 0.3) is 5.69 Å². The summed E-state index contributed by atoms with van der Waals surface area (Å²) >= 11 is 0. The summed E-state index contributed by atoms with van der Waals surface area (Å²) in [5.74, 6) is 0. The largest absolute Gasteiger partial charge is 0.354 e. The molecule has 0 radical (unpaired) electrons. The van der Waals surface area contributed by atoms with Crippen molar-refractivity contribution in [1.82, 2.24) is 0 Å². The van der Waals surface area contributed by atoms with Crippen molar-refractivity contribution in [3.63, 3.8) is 0 Å². The molecule has 5 heteroatoms. The molecule has 0 aliphatic heterocycles. The normalized spacial score (nSPS) is 9.85. The molecule has 0 amide bonds. The molecule has 2 aromatic carbocycles. The maximum Gasteiger partial charge on any atom is 0.270 e. The van der Waals surface area contributed by atoms with Crippen LogP contribution in [-0.2, 0) is 0 Å². The Kier molecular flexibility index (Phi) is 3.67. The number of nitrogens with one attached hydrogen (secondary N) is 1. The standard InChI is InChI=1S/C15H13N3O2/c1-10-5-11(2)7-13(6-10)17-15-4-3-14(18(19)20)8-12(15)9-16/h3-8,17H,1-2H3. The van der Waals surface area contributed by atoms with Gasteiger partial charge in [0.15, 0.2) is 0 Å². The van der Waals surface area contributed by atoms with E-state index < -0.39 is 4.92 Å². The Balaban J connectivity index is 2.38. The maximum atomic E-state index is 10.7. The van der Waals surface area contributed by atoms with Gasteiger partial charge in [-0.2, -0.15) is 5.26 Å². The minimum Gasteiger partial charge on any atom is -0.354 e. The van der Waals surface area contributed by atoms with Gasteiger partial charge in [0.05, 0.1) is 16.2 Å². The average Bonchev–Trinajstić information content (AvgIpc) is 2.37. The van der Waals surface area contributed by atoms with Crippen molar-refractivity contribution >= 4 is 17.1 Å². The lowest BCUT2D eigenvalue weighted by molar-refractivity contribution is -0.384. The molecule has 0 heterocycles. The predicted octanol–water partition coefficient (Wildman–Crippen LogP) is 3.83. The van der Waals surface area contributed by atoms with Crippen molar-refractivity contribution in [2.45, 2.75) is 13.8 Å². The highest BCUT2D eigenvalue weighted by Gasteiger charge is 2.10. The highest BCUT2D eigenvalue weighted by atomic mass is 16.6. The number of nitro benzene ring substituents is 1. The van der Waals surface area contributed by atoms with Crippen molar-refractivity contribution in [3.05, 3.63) is 63.2 Å². The number of anilines is 2. The van der Waals surface area contributed by atoms with Crippen LogP contribution in [0.1, 0.15) is 16.7 Å². The van der Waals surface area contributed by atoms with Gasteiger partial charge in [-0.25, -0.2) is 0 Å². The summed E-state index contributed by atoms with van der Waals surface area (Å²) in [6.07, 6.45) is 0. The quantitative estimate of drug-likeness (QED) is 0.677. The zero-order chi connectivity index (χ0) is 14.7. The molecule has 0 aliphatic carbocycles. The molecular formula is C15H13N3O2. The Hall–Kier alpha value is -2.87. The maximum absolute atomic E-state index is 10.7. The molecule has 2 aromatic rings. The number of nitrogens with zero attached hydrogens (tertiary/aromatic N) is 2. The first-order valence-corrected chi connectivity index (χ1v) is 6.03. The SMILES string of the molecule is Cc1cc(C)cc(Nc2ccc([N+](=O)[O-])cc2C#N)c1. The second kappa shape index (κ2) is 5.41. The highest BCUT2D eigenvalue weighted by Crippen LogP contribution is 2.25. The van der Waals surface area contributed by atoms with Gasteiger partial charge in [0.2, 0.25) is 0 Å². The van der Waals surface area contributed by atoms with Crippen LogP contribution in [-0.4, -0.2) is 4.92 Å². The minimum atomic E-state index is -0.512. The molecule has 0 saturated carbocycles. The van der Waals surface area contributed by atoms with Gasteiger partial charge in [-0.05, 0) is 43.2 Å². The number of hydrogen-bond acceptors (Lipinski definition) is 4. The third kappa shape index (κ3) is 2.93. The number of nitriles is 1. The zero-order valence-corrected chi connectivity index (χ0v) is 11.2. The van der Waals surface area contributed by atoms with Crippen LogP contribution < -0.4 is 5.32 Å². The summed E-state index contributed by atoms with van der Waals surface area (Å²) in [5.41, 5.74) is 3.78. The summed E-state index contributed by atoms with van der Waals surface area (Å²) in [5, 5.41) is 22.9. The van der Waals surface area contributed by atoms with Gasteiger partial charge >= 0.3 is 0 Å². The molecule has 5 nitrogen and oxygen atoms in total. The molecule has 0 saturated heterocycles. The highest BCUT2D eigenvalue weighted by molar-refractivity contribution is 5.69. The van der Waals surface area contributed by atoms with Gasteiger partial charge in [0, 0.05) is 17.8 Å². The van der Waals surface area contributed by atoms with Crippen molar-refractivity contribution in [1.29, 1.82) is 5.26 Å². The molecule has 0 bridgehead atoms. The molecule has 0 aliphatic rings. The first-order chi connectivity index (χ1) is 9.49. The van der Waals surface area contributed by atoms with Crippen molar-refractivity contribution < 1.29 is 4.92 Å². The molecule has 0 spiro atoms. The molecule has 1 N–H and O–H groups in total. The van der Waals surface area contributed by atoms with Crippen molar-refractivity contribution in [2.75, 3.05) is 5.32 Å². The molecule has 0 fully saturated rings. The average molecular weight is 267 g/mol. The van der Waals surface area contributed by atoms with Crippen LogP contribution in [0.4, 0.5) is 17.1 Å². The summed E-state index contributed by atoms with van der Waals surface area (Å²) in [6.45, 7) is 3.97. The van der Waals surface area contributed by atoms with Gasteiger partial charge in [0.1, 0.15) is 6.07 Å². The monoisotopic (exact) mass is 267 g/mol. The number of non-ortho nitro benzene ring substituents is 1. The Morgan fingerprint density at radius 2 is 1.80 bits per heavy atom. The van der Waals surface area contributed by atoms with Crippen LogP contribution in [0, 0.1) is 35.3 Å². The third-order valence-electron chi connectivity index (χ3n) is 2.84.